The van der Waals surface area contributed by atoms with Crippen LogP contribution in [0.4, 0.5) is 0 Å². The number of rotatable bonds is 2. The maximum Gasteiger partial charge on any atom is 0.0322 e. The van der Waals surface area contributed by atoms with Crippen LogP contribution in [0.1, 0.15) is 43.4 Å². The van der Waals surface area contributed by atoms with Gasteiger partial charge in [0.1, 0.15) is 0 Å². The molecule has 0 saturated carbocycles. The first-order chi connectivity index (χ1) is 6.92. The minimum absolute atomic E-state index is 0.596. The van der Waals surface area contributed by atoms with Crippen molar-refractivity contribution in [3.63, 3.8) is 0 Å². The summed E-state index contributed by atoms with van der Waals surface area (Å²) in [5, 5.41) is 3.58. The van der Waals surface area contributed by atoms with Crippen LogP contribution in [0.2, 0.25) is 0 Å². The van der Waals surface area contributed by atoms with E-state index in [-0.39, 0.29) is 0 Å². The molecule has 1 heteroatoms. The number of hydrogen-bond donors (Lipinski definition) is 1. The molecule has 1 nitrogen and oxygen atoms in total. The molecule has 0 saturated heterocycles. The Labute approximate surface area is 86.5 Å². The summed E-state index contributed by atoms with van der Waals surface area (Å²) in [6, 6.07) is 9.49. The molecule has 0 radical (unpaired) electrons. The Morgan fingerprint density at radius 1 is 1.29 bits per heavy atom. The maximum atomic E-state index is 3.58. The highest BCUT2D eigenvalue weighted by Crippen LogP contribution is 2.28. The third-order valence-corrected chi connectivity index (χ3v) is 3.07. The van der Waals surface area contributed by atoms with E-state index in [0.29, 0.717) is 6.04 Å². The smallest absolute Gasteiger partial charge is 0.0322 e. The Bertz CT molecular complexity index is 293. The van der Waals surface area contributed by atoms with Gasteiger partial charge in [0.25, 0.3) is 0 Å². The number of aryl methyl sites for hydroxylation is 1. The molecule has 0 spiro atoms. The van der Waals surface area contributed by atoms with Gasteiger partial charge in [-0.05, 0) is 36.9 Å². The summed E-state index contributed by atoms with van der Waals surface area (Å²) in [6.45, 7) is 3.26. The fraction of sp³-hybridized carbons (Fsp3) is 0.538. The number of benzene rings is 1. The Morgan fingerprint density at radius 2 is 2.14 bits per heavy atom. The first kappa shape index (κ1) is 9.72. The van der Waals surface area contributed by atoms with E-state index < -0.39 is 0 Å². The standard InChI is InChI=1S/C13H19N/c1-2-14-13-10-6-4-8-11-7-3-5-9-12(11)13/h3,5,7,9,13-14H,2,4,6,8,10H2,1H3. The molecule has 0 bridgehead atoms. The highest BCUT2D eigenvalue weighted by atomic mass is 14.9. The summed E-state index contributed by atoms with van der Waals surface area (Å²) in [5.41, 5.74) is 3.09. The highest BCUT2D eigenvalue weighted by molar-refractivity contribution is 5.31. The molecule has 1 N–H and O–H groups in total. The van der Waals surface area contributed by atoms with Crippen molar-refractivity contribution in [1.29, 1.82) is 0 Å². The van der Waals surface area contributed by atoms with Crippen LogP contribution in [0.25, 0.3) is 0 Å². The SMILES string of the molecule is CCNC1CCCCc2ccccc21. The second kappa shape index (κ2) is 4.61. The second-order valence-corrected chi connectivity index (χ2v) is 4.05. The van der Waals surface area contributed by atoms with Gasteiger partial charge in [-0.2, -0.15) is 0 Å². The van der Waals surface area contributed by atoms with Gasteiger partial charge in [0, 0.05) is 6.04 Å². The van der Waals surface area contributed by atoms with E-state index >= 15 is 0 Å². The molecule has 1 aromatic rings. The average Bonchev–Trinajstić information content (AvgIpc) is 2.42. The van der Waals surface area contributed by atoms with Crippen molar-refractivity contribution in [2.45, 2.75) is 38.6 Å². The topological polar surface area (TPSA) is 12.0 Å². The van der Waals surface area contributed by atoms with Crippen LogP contribution in [-0.4, -0.2) is 6.54 Å². The molecule has 0 amide bonds. The van der Waals surface area contributed by atoms with E-state index in [0.717, 1.165) is 6.54 Å². The van der Waals surface area contributed by atoms with Crippen molar-refractivity contribution in [3.05, 3.63) is 35.4 Å². The highest BCUT2D eigenvalue weighted by Gasteiger charge is 2.16. The molecule has 1 aromatic carbocycles. The zero-order chi connectivity index (χ0) is 9.80. The molecule has 76 valence electrons. The zero-order valence-electron chi connectivity index (χ0n) is 8.92. The molecule has 2 rings (SSSR count). The van der Waals surface area contributed by atoms with E-state index in [9.17, 15) is 0 Å². The van der Waals surface area contributed by atoms with E-state index in [1.807, 2.05) is 0 Å². The van der Waals surface area contributed by atoms with Crippen LogP contribution in [-0.2, 0) is 6.42 Å². The molecule has 1 atom stereocenters. The van der Waals surface area contributed by atoms with Gasteiger partial charge in [-0.3, -0.25) is 0 Å². The van der Waals surface area contributed by atoms with Crippen molar-refractivity contribution < 1.29 is 0 Å². The Hall–Kier alpha value is -0.820. The lowest BCUT2D eigenvalue weighted by atomic mass is 9.99. The molecule has 1 aliphatic carbocycles. The van der Waals surface area contributed by atoms with Crippen LogP contribution in [0.15, 0.2) is 24.3 Å². The summed E-state index contributed by atoms with van der Waals surface area (Å²) >= 11 is 0. The summed E-state index contributed by atoms with van der Waals surface area (Å²) in [6.07, 6.45) is 5.26. The van der Waals surface area contributed by atoms with Crippen molar-refractivity contribution in [3.8, 4) is 0 Å². The molecular weight excluding hydrogens is 170 g/mol. The van der Waals surface area contributed by atoms with Crippen LogP contribution in [0.3, 0.4) is 0 Å². The number of nitrogens with one attached hydrogen (secondary N) is 1. The Balaban J connectivity index is 2.27. The summed E-state index contributed by atoms with van der Waals surface area (Å²) in [4.78, 5) is 0. The van der Waals surface area contributed by atoms with Crippen LogP contribution < -0.4 is 5.32 Å². The third kappa shape index (κ3) is 1.98. The fourth-order valence-electron chi connectivity index (χ4n) is 2.38. The lowest BCUT2D eigenvalue weighted by molar-refractivity contribution is 0.504. The van der Waals surface area contributed by atoms with Crippen LogP contribution in [0.5, 0.6) is 0 Å². The Morgan fingerprint density at radius 3 is 3.00 bits per heavy atom. The molecule has 1 unspecified atom stereocenters. The molecule has 1 aliphatic rings. The lowest BCUT2D eigenvalue weighted by Crippen LogP contribution is -2.20. The summed E-state index contributed by atoms with van der Waals surface area (Å²) in [5.74, 6) is 0. The Kier molecular flexibility index (Phi) is 3.20. The van der Waals surface area contributed by atoms with E-state index in [1.54, 1.807) is 5.56 Å². The van der Waals surface area contributed by atoms with Gasteiger partial charge in [-0.25, -0.2) is 0 Å². The van der Waals surface area contributed by atoms with Gasteiger partial charge >= 0.3 is 0 Å². The maximum absolute atomic E-state index is 3.58. The minimum atomic E-state index is 0.596. The van der Waals surface area contributed by atoms with Gasteiger partial charge in [0.15, 0.2) is 0 Å². The first-order valence-electron chi connectivity index (χ1n) is 5.73. The van der Waals surface area contributed by atoms with Gasteiger partial charge in [0.2, 0.25) is 0 Å². The molecule has 0 heterocycles. The van der Waals surface area contributed by atoms with Gasteiger partial charge in [-0.15, -0.1) is 0 Å². The second-order valence-electron chi connectivity index (χ2n) is 4.05. The molecular formula is C13H19N. The number of fused-ring (bicyclic) bond motifs is 1. The summed E-state index contributed by atoms with van der Waals surface area (Å²) in [7, 11) is 0. The fourth-order valence-corrected chi connectivity index (χ4v) is 2.38. The van der Waals surface area contributed by atoms with Crippen LogP contribution >= 0.6 is 0 Å². The normalized spacial score (nSPS) is 21.4. The first-order valence-corrected chi connectivity index (χ1v) is 5.73. The largest absolute Gasteiger partial charge is 0.310 e. The van der Waals surface area contributed by atoms with Crippen molar-refractivity contribution in [2.75, 3.05) is 6.54 Å². The quantitative estimate of drug-likeness (QED) is 0.705. The molecule has 0 aromatic heterocycles. The van der Waals surface area contributed by atoms with Crippen molar-refractivity contribution in [2.24, 2.45) is 0 Å². The summed E-state index contributed by atoms with van der Waals surface area (Å²) < 4.78 is 0. The van der Waals surface area contributed by atoms with Gasteiger partial charge in [0.05, 0.1) is 0 Å². The predicted molar refractivity (Wildman–Crippen MR) is 60.4 cm³/mol. The molecule has 14 heavy (non-hydrogen) atoms. The number of hydrogen-bond acceptors (Lipinski definition) is 1. The van der Waals surface area contributed by atoms with E-state index in [4.69, 9.17) is 0 Å². The van der Waals surface area contributed by atoms with Gasteiger partial charge in [-0.1, -0.05) is 37.6 Å². The third-order valence-electron chi connectivity index (χ3n) is 3.07. The zero-order valence-corrected chi connectivity index (χ0v) is 8.92. The molecule has 0 fully saturated rings. The monoisotopic (exact) mass is 189 g/mol. The minimum Gasteiger partial charge on any atom is -0.310 e. The van der Waals surface area contributed by atoms with Crippen molar-refractivity contribution in [1.82, 2.24) is 5.32 Å². The molecule has 0 aliphatic heterocycles. The van der Waals surface area contributed by atoms with Crippen molar-refractivity contribution >= 4 is 0 Å². The van der Waals surface area contributed by atoms with Crippen LogP contribution in [0, 0.1) is 0 Å². The predicted octanol–water partition coefficient (Wildman–Crippen LogP) is 3.06. The average molecular weight is 189 g/mol. The lowest BCUT2D eigenvalue weighted by Gasteiger charge is -2.18. The van der Waals surface area contributed by atoms with E-state index in [2.05, 4.69) is 36.5 Å². The van der Waals surface area contributed by atoms with E-state index in [1.165, 1.54) is 31.2 Å². The van der Waals surface area contributed by atoms with Gasteiger partial charge < -0.3 is 5.32 Å².